The predicted octanol–water partition coefficient (Wildman–Crippen LogP) is 21.7. The summed E-state index contributed by atoms with van der Waals surface area (Å²) in [7, 11) is -1.55. The lowest BCUT2D eigenvalue weighted by Gasteiger charge is -2.32. The van der Waals surface area contributed by atoms with Crippen molar-refractivity contribution < 1.29 is 85.1 Å². The molecule has 0 spiro atoms. The number of ketones is 2. The number of nitrogens with one attached hydrogen (secondary N) is 1. The number of carboxylic acids is 2. The Morgan fingerprint density at radius 3 is 1.12 bits per heavy atom. The highest BCUT2D eigenvalue weighted by Crippen LogP contribution is 2.44. The van der Waals surface area contributed by atoms with Gasteiger partial charge in [0.1, 0.15) is 62.4 Å². The Labute approximate surface area is 747 Å². The van der Waals surface area contributed by atoms with Gasteiger partial charge in [0.25, 0.3) is 0 Å². The number of nitrogens with two attached hydrogens (primary N) is 1. The van der Waals surface area contributed by atoms with E-state index in [1.165, 1.54) is 35.7 Å². The third-order valence-electron chi connectivity index (χ3n) is 21.1. The topological polar surface area (TPSA) is 304 Å². The van der Waals surface area contributed by atoms with Crippen molar-refractivity contribution in [1.82, 2.24) is 24.9 Å². The minimum atomic E-state index is -1.24. The lowest BCUT2D eigenvalue weighted by Crippen LogP contribution is -2.41. The summed E-state index contributed by atoms with van der Waals surface area (Å²) < 4.78 is 83.6. The van der Waals surface area contributed by atoms with Crippen LogP contribution >= 0.6 is 66.7 Å². The molecule has 0 bridgehead atoms. The molecule has 12 rings (SSSR count). The number of aromatic carboxylic acids is 2. The van der Waals surface area contributed by atoms with Crippen molar-refractivity contribution in [3.63, 3.8) is 0 Å². The zero-order chi connectivity index (χ0) is 92.2. The summed E-state index contributed by atoms with van der Waals surface area (Å²) in [5, 5.41) is 27.1. The van der Waals surface area contributed by atoms with E-state index in [1.54, 1.807) is 63.2 Å². The van der Waals surface area contributed by atoms with Gasteiger partial charge in [-0.05, 0) is 209 Å². The summed E-state index contributed by atoms with van der Waals surface area (Å²) in [4.78, 5) is 74.8. The van der Waals surface area contributed by atoms with Crippen LogP contribution in [0, 0.1) is 17.5 Å². The smallest absolute Gasteiger partial charge is 0.494 e. The van der Waals surface area contributed by atoms with Gasteiger partial charge in [-0.2, -0.15) is 0 Å². The molecule has 3 aromatic heterocycles. The van der Waals surface area contributed by atoms with E-state index >= 15 is 0 Å². The highest BCUT2D eigenvalue weighted by Gasteiger charge is 2.64. The number of ether oxygens (including phenoxy) is 1. The number of fused-ring (bicyclic) bond motifs is 1. The molecular weight excluding hydrogens is 1760 g/mol. The van der Waals surface area contributed by atoms with E-state index in [0.717, 1.165) is 16.4 Å². The van der Waals surface area contributed by atoms with Crippen molar-refractivity contribution in [3.8, 4) is 5.75 Å². The predicted molar refractivity (Wildman–Crippen MR) is 483 cm³/mol. The molecule has 3 aliphatic heterocycles. The third-order valence-corrected chi connectivity index (χ3v) is 22.9. The normalized spacial score (nSPS) is 15.8. The molecule has 0 saturated carbocycles. The molecule has 6 N–H and O–H groups in total. The third kappa shape index (κ3) is 28.3. The molecule has 3 saturated heterocycles. The Balaban J connectivity index is 0.000000227. The number of aromatic hydroxyl groups is 1. The van der Waals surface area contributed by atoms with Crippen LogP contribution in [0.4, 0.5) is 13.2 Å². The van der Waals surface area contributed by atoms with Gasteiger partial charge in [-0.1, -0.05) is 214 Å². The fraction of sp³-hybridized carbons (Fsp3) is 0.433. The van der Waals surface area contributed by atoms with Crippen LogP contribution < -0.4 is 11.2 Å². The first-order valence-corrected chi connectivity index (χ1v) is 42.1. The molecule has 0 radical (unpaired) electrons. The molecule has 0 atom stereocenters. The summed E-state index contributed by atoms with van der Waals surface area (Å²) in [6, 6.07) is 37.2. The van der Waals surface area contributed by atoms with Crippen LogP contribution in [0.3, 0.4) is 0 Å². The summed E-state index contributed by atoms with van der Waals surface area (Å²) >= 11 is 23.0. The van der Waals surface area contributed by atoms with Gasteiger partial charge in [-0.25, -0.2) is 47.5 Å². The van der Waals surface area contributed by atoms with Crippen molar-refractivity contribution in [1.29, 1.82) is 0 Å². The van der Waals surface area contributed by atoms with Crippen molar-refractivity contribution in [2.45, 2.75) is 254 Å². The monoisotopic (exact) mass is 1870 g/mol. The van der Waals surface area contributed by atoms with Crippen LogP contribution in [-0.2, 0) is 68.3 Å². The average Bonchev–Trinajstić information content (AvgIpc) is 1.60. The van der Waals surface area contributed by atoms with E-state index in [1.807, 2.05) is 150 Å². The van der Waals surface area contributed by atoms with E-state index in [-0.39, 0.29) is 124 Å². The number of carboxylic acid groups (broad SMARTS) is 2. The fourth-order valence-electron chi connectivity index (χ4n) is 11.5. The minimum Gasteiger partial charge on any atom is -0.505 e. The van der Waals surface area contributed by atoms with Crippen molar-refractivity contribution >= 4 is 134 Å². The van der Waals surface area contributed by atoms with Gasteiger partial charge in [-0.15, -0.1) is 0 Å². The van der Waals surface area contributed by atoms with Gasteiger partial charge < -0.3 is 58.7 Å². The minimum absolute atomic E-state index is 0.0184. The first-order valence-electron chi connectivity index (χ1n) is 39.4. The van der Waals surface area contributed by atoms with Crippen LogP contribution in [0.1, 0.15) is 264 Å². The zero-order valence-corrected chi connectivity index (χ0v) is 79.1. The van der Waals surface area contributed by atoms with E-state index in [9.17, 15) is 42.3 Å². The number of H-pyrrole nitrogens is 1. The van der Waals surface area contributed by atoms with E-state index in [2.05, 4.69) is 119 Å². The van der Waals surface area contributed by atoms with E-state index in [0.29, 0.717) is 62.6 Å². The van der Waals surface area contributed by atoms with E-state index in [4.69, 9.17) is 83.4 Å². The second kappa shape index (κ2) is 41.5. The van der Waals surface area contributed by atoms with Crippen molar-refractivity contribution in [2.24, 2.45) is 5.73 Å². The summed E-state index contributed by atoms with van der Waals surface area (Å²) in [6.45, 7) is 48.7. The molecule has 3 fully saturated rings. The van der Waals surface area contributed by atoms with Gasteiger partial charge in [0.2, 0.25) is 0 Å². The molecule has 0 aliphatic carbocycles. The first kappa shape index (κ1) is 103. The number of benzene rings is 6. The maximum atomic E-state index is 14.7. The van der Waals surface area contributed by atoms with Crippen LogP contribution in [0.15, 0.2) is 149 Å². The Morgan fingerprint density at radius 1 is 0.467 bits per heavy atom. The molecule has 656 valence electrons. The average molecular weight is 1870 g/mol. The lowest BCUT2D eigenvalue weighted by molar-refractivity contribution is 0.00578. The fourth-order valence-corrected chi connectivity index (χ4v) is 12.8. The number of hydrogen-bond acceptors (Lipinski definition) is 18. The lowest BCUT2D eigenvalue weighted by atomic mass is 9.49. The number of hydrogen-bond donors (Lipinski definition) is 5. The van der Waals surface area contributed by atoms with Crippen molar-refractivity contribution in [2.75, 3.05) is 0 Å². The highest BCUT2D eigenvalue weighted by atomic mass is 79.9. The standard InChI is InChI=1S/C25H32BFO3.C19H20BrFO.C12H24B2O4.C11H12ClN3O3.C11H14O2.C7H7BrFN.C5H2Cl2N2O2/c1-23(2,3)19-12-8-18(9-13-19)22(28)15-11-17-10-14-20(16-21(17)27)26-29-24(4,5)25(6,7)30-26;1-19(2,3)15-8-4-14(5-9-15)18(22)11-7-13-6-10-16(20)12-17(13)21;1-9(2)10(3,4)16-13(15-9)14-17-11(5,6)12(7,8)18-14;1-11(2,3)18-10(17)6-7(16)5-8(12)13-4-14-9(5)15-6;1-11(2,3)9-6-4-8(5-7-9)10(12)13;8-6-2-1-5(4-10)7(9)3-6;6-3-2(5(10)11)4(7)9-1-8-3/h8-10,12-14,16H,11,15H2,1-7H3;4-6,8-10,12H,7,11H2,1-3H3;1-8H3;4,16H,1-3H3,(H,13,14,15);4-7H,1-3H3,(H,12,13);1-3H,4,10H2;1H,(H,10,11). The summed E-state index contributed by atoms with van der Waals surface area (Å²) in [5.41, 5.74) is 9.86. The number of halogens is 8. The highest BCUT2D eigenvalue weighted by molar-refractivity contribution is 9.10. The maximum Gasteiger partial charge on any atom is 0.494 e. The Hall–Kier alpha value is -7.90. The van der Waals surface area contributed by atoms with Gasteiger partial charge in [-0.3, -0.25) is 9.59 Å². The van der Waals surface area contributed by atoms with Crippen LogP contribution in [0.5, 0.6) is 5.75 Å². The number of carbonyl (C=O) groups excluding carboxylic acids is 3. The summed E-state index contributed by atoms with van der Waals surface area (Å²) in [6.07, 6.45) is 3.68. The molecule has 122 heavy (non-hydrogen) atoms. The Bertz CT molecular complexity index is 5050. The molecule has 0 unspecified atom stereocenters. The molecular formula is C90H111B3Br2Cl3F3N6O15. The second-order valence-corrected chi connectivity index (χ2v) is 39.3. The maximum absolute atomic E-state index is 14.7. The molecule has 6 heterocycles. The number of rotatable bonds is 14. The zero-order valence-electron chi connectivity index (χ0n) is 73.7. The number of aryl methyl sites for hydroxylation is 2. The number of nitrogens with zero attached hydrogens (tertiary/aromatic N) is 4. The number of aromatic nitrogens is 5. The first-order chi connectivity index (χ1) is 56.0. The molecule has 21 nitrogen and oxygen atoms in total. The molecule has 9 aromatic rings. The van der Waals surface area contributed by atoms with Gasteiger partial charge in [0.15, 0.2) is 23.0 Å². The van der Waals surface area contributed by atoms with E-state index < -0.39 is 55.8 Å². The number of Topliss-reactive ketones (excluding diaryl/α,β-unsaturated/α-hetero) is 2. The second-order valence-electron chi connectivity index (χ2n) is 36.4. The van der Waals surface area contributed by atoms with Crippen LogP contribution in [0.2, 0.25) is 15.5 Å². The molecule has 3 aliphatic rings. The molecule has 0 amide bonds. The van der Waals surface area contributed by atoms with Gasteiger partial charge in [0, 0.05) is 45.0 Å². The van der Waals surface area contributed by atoms with Gasteiger partial charge >= 0.3 is 39.0 Å². The quantitative estimate of drug-likeness (QED) is 0.0292. The summed E-state index contributed by atoms with van der Waals surface area (Å²) in [5.74, 6) is -3.88. The molecule has 32 heteroatoms. The Morgan fingerprint density at radius 2 is 0.803 bits per heavy atom. The largest absolute Gasteiger partial charge is 0.505 e. The molecule has 6 aromatic carbocycles. The van der Waals surface area contributed by atoms with Crippen LogP contribution in [-0.4, -0.2) is 130 Å². The SMILES string of the molecule is CC(C)(C)OC(=O)c1[nH]c2ncnc(Cl)c2c1O.CC(C)(C)c1ccc(C(=O)CCc2ccc(B3OC(C)(C)C(C)(C)O3)cc2F)cc1.CC(C)(C)c1ccc(C(=O)CCc2ccc(Br)cc2F)cc1.CC(C)(C)c1ccc(C(=O)O)cc1.CC1(C)OB(B2OC(C)(C)C(C)(C)O2)OC1(C)C.NCc1ccc(Br)cc1F.O=C(O)c1c(Cl)ncnc1Cl. The number of esters is 1. The van der Waals surface area contributed by atoms with Crippen molar-refractivity contribution in [3.05, 3.63) is 243 Å². The number of aromatic amines is 1. The number of carbonyl (C=O) groups is 5. The van der Waals surface area contributed by atoms with Gasteiger partial charge in [0.05, 0.1) is 44.6 Å². The van der Waals surface area contributed by atoms with Crippen LogP contribution in [0.25, 0.3) is 11.0 Å². The Kier molecular flexibility index (Phi) is 35.0.